The molecule has 0 radical (unpaired) electrons. The van der Waals surface area contributed by atoms with E-state index in [0.717, 1.165) is 6.42 Å². The Labute approximate surface area is 99.2 Å². The third kappa shape index (κ3) is 3.10. The van der Waals surface area contributed by atoms with Gasteiger partial charge in [-0.15, -0.1) is 0 Å². The Morgan fingerprint density at radius 1 is 1.69 bits per heavy atom. The van der Waals surface area contributed by atoms with Crippen molar-refractivity contribution in [1.82, 2.24) is 5.32 Å². The van der Waals surface area contributed by atoms with Crippen molar-refractivity contribution in [3.63, 3.8) is 0 Å². The van der Waals surface area contributed by atoms with Gasteiger partial charge in [0.1, 0.15) is 5.54 Å². The monoisotopic (exact) mass is 249 g/mol. The number of rotatable bonds is 6. The highest BCUT2D eigenvalue weighted by molar-refractivity contribution is 7.99. The topological polar surface area (TPSA) is 89.8 Å². The van der Waals surface area contributed by atoms with Gasteiger partial charge in [0, 0.05) is 11.0 Å². The van der Waals surface area contributed by atoms with E-state index in [1.54, 1.807) is 7.05 Å². The highest BCUT2D eigenvalue weighted by atomic mass is 32.2. The van der Waals surface area contributed by atoms with Gasteiger partial charge >= 0.3 is 5.97 Å². The van der Waals surface area contributed by atoms with E-state index < -0.39 is 17.6 Å². The van der Waals surface area contributed by atoms with E-state index in [0.29, 0.717) is 18.6 Å². The second-order valence-electron chi connectivity index (χ2n) is 4.17. The quantitative estimate of drug-likeness (QED) is 0.515. The maximum absolute atomic E-state index is 11.1. The fourth-order valence-corrected chi connectivity index (χ4v) is 3.26. The Morgan fingerprint density at radius 2 is 2.38 bits per heavy atom. The van der Waals surface area contributed by atoms with Crippen LogP contribution in [-0.4, -0.2) is 57.6 Å². The van der Waals surface area contributed by atoms with Gasteiger partial charge in [-0.25, -0.2) is 0 Å². The van der Waals surface area contributed by atoms with E-state index in [1.807, 2.05) is 0 Å². The zero-order valence-corrected chi connectivity index (χ0v) is 10.2. The fourth-order valence-electron chi connectivity index (χ4n) is 1.97. The Morgan fingerprint density at radius 3 is 2.81 bits per heavy atom. The summed E-state index contributed by atoms with van der Waals surface area (Å²) >= 11 is 1.54. The lowest BCUT2D eigenvalue weighted by atomic mass is 9.99. The molecule has 1 fully saturated rings. The van der Waals surface area contributed by atoms with Crippen LogP contribution in [0.3, 0.4) is 0 Å². The summed E-state index contributed by atoms with van der Waals surface area (Å²) in [7, 11) is 1.67. The summed E-state index contributed by atoms with van der Waals surface area (Å²) in [6, 6.07) is 0. The predicted molar refractivity (Wildman–Crippen MR) is 62.6 cm³/mol. The first-order chi connectivity index (χ1) is 7.54. The molecule has 0 aromatic heterocycles. The summed E-state index contributed by atoms with van der Waals surface area (Å²) in [4.78, 5) is 11.1. The molecular formula is C10H19NO4S. The second-order valence-corrected chi connectivity index (χ2v) is 5.51. The normalized spacial score (nSPS) is 31.6. The largest absolute Gasteiger partial charge is 0.480 e. The van der Waals surface area contributed by atoms with E-state index >= 15 is 0 Å². The van der Waals surface area contributed by atoms with Gasteiger partial charge < -0.3 is 20.6 Å². The number of hydrogen-bond acceptors (Lipinski definition) is 5. The average molecular weight is 249 g/mol. The van der Waals surface area contributed by atoms with Crippen LogP contribution in [0.5, 0.6) is 0 Å². The molecule has 6 heteroatoms. The van der Waals surface area contributed by atoms with Crippen LogP contribution in [0.25, 0.3) is 0 Å². The van der Waals surface area contributed by atoms with E-state index in [2.05, 4.69) is 5.32 Å². The number of aliphatic carboxylic acids is 1. The molecule has 0 bridgehead atoms. The summed E-state index contributed by atoms with van der Waals surface area (Å²) in [5, 5.41) is 30.2. The number of carbonyl (C=O) groups is 1. The molecule has 0 saturated heterocycles. The third-order valence-corrected chi connectivity index (χ3v) is 4.54. The summed E-state index contributed by atoms with van der Waals surface area (Å²) < 4.78 is 0. The van der Waals surface area contributed by atoms with Crippen molar-refractivity contribution in [3.05, 3.63) is 0 Å². The van der Waals surface area contributed by atoms with E-state index in [4.69, 9.17) is 10.2 Å². The number of carboxylic acid groups (broad SMARTS) is 1. The van der Waals surface area contributed by atoms with Crippen molar-refractivity contribution < 1.29 is 20.1 Å². The first-order valence-corrected chi connectivity index (χ1v) is 6.42. The molecule has 94 valence electrons. The molecule has 0 aromatic rings. The fraction of sp³-hybridized carbons (Fsp3) is 0.900. The molecule has 1 aliphatic rings. The van der Waals surface area contributed by atoms with Crippen LogP contribution in [0.2, 0.25) is 0 Å². The molecule has 3 atom stereocenters. The van der Waals surface area contributed by atoms with Crippen LogP contribution >= 0.6 is 11.8 Å². The Hall–Kier alpha value is -0.300. The molecule has 0 spiro atoms. The molecule has 0 aliphatic heterocycles. The number of aliphatic hydroxyl groups excluding tert-OH is 2. The van der Waals surface area contributed by atoms with Gasteiger partial charge in [-0.1, -0.05) is 0 Å². The molecule has 0 aromatic carbocycles. The van der Waals surface area contributed by atoms with E-state index in [9.17, 15) is 9.90 Å². The minimum Gasteiger partial charge on any atom is -0.480 e. The van der Waals surface area contributed by atoms with Crippen LogP contribution < -0.4 is 5.32 Å². The predicted octanol–water partition coefficient (Wildman–Crippen LogP) is -0.332. The molecule has 0 amide bonds. The van der Waals surface area contributed by atoms with Gasteiger partial charge in [-0.3, -0.25) is 4.79 Å². The zero-order valence-electron chi connectivity index (χ0n) is 9.35. The molecule has 16 heavy (non-hydrogen) atoms. The smallest absolute Gasteiger partial charge is 0.323 e. The number of likely N-dealkylation sites (N-methyl/N-ethyl adjacent to an activating group) is 1. The summed E-state index contributed by atoms with van der Waals surface area (Å²) in [5.74, 6) is -0.346. The molecule has 1 aliphatic carbocycles. The molecule has 0 heterocycles. The zero-order chi connectivity index (χ0) is 12.2. The number of nitrogens with one attached hydrogen (secondary N) is 1. The van der Waals surface area contributed by atoms with Crippen LogP contribution in [0.1, 0.15) is 19.3 Å². The third-order valence-electron chi connectivity index (χ3n) is 3.09. The maximum Gasteiger partial charge on any atom is 0.323 e. The first kappa shape index (κ1) is 13.8. The molecular weight excluding hydrogens is 230 g/mol. The second kappa shape index (κ2) is 5.86. The van der Waals surface area contributed by atoms with Crippen LogP contribution in [0, 0.1) is 0 Å². The standard InChI is InChI=1S/C10H19NO4S/c1-11-10(9(14)15)3-2-8(4-10)16-6-7(13)5-12/h7-8,11-13H,2-6H2,1H3,(H,14,15). The molecule has 4 N–H and O–H groups in total. The molecule has 1 saturated carbocycles. The minimum atomic E-state index is -0.805. The van der Waals surface area contributed by atoms with Gasteiger partial charge in [0.2, 0.25) is 0 Å². The van der Waals surface area contributed by atoms with Crippen molar-refractivity contribution in [1.29, 1.82) is 0 Å². The van der Waals surface area contributed by atoms with Crippen molar-refractivity contribution in [2.24, 2.45) is 0 Å². The Bertz CT molecular complexity index is 251. The molecule has 5 nitrogen and oxygen atoms in total. The molecule has 3 unspecified atom stereocenters. The van der Waals surface area contributed by atoms with E-state index in [-0.39, 0.29) is 11.9 Å². The number of hydrogen-bond donors (Lipinski definition) is 4. The number of thioether (sulfide) groups is 1. The van der Waals surface area contributed by atoms with Crippen LogP contribution in [0.4, 0.5) is 0 Å². The van der Waals surface area contributed by atoms with Crippen molar-refractivity contribution in [3.8, 4) is 0 Å². The van der Waals surface area contributed by atoms with Gasteiger partial charge in [0.15, 0.2) is 0 Å². The Balaban J connectivity index is 2.42. The number of carboxylic acids is 1. The first-order valence-electron chi connectivity index (χ1n) is 5.37. The van der Waals surface area contributed by atoms with Crippen molar-refractivity contribution in [2.75, 3.05) is 19.4 Å². The van der Waals surface area contributed by atoms with Gasteiger partial charge in [0.05, 0.1) is 12.7 Å². The lowest BCUT2D eigenvalue weighted by molar-refractivity contribution is -0.144. The van der Waals surface area contributed by atoms with Crippen LogP contribution in [0.15, 0.2) is 0 Å². The Kier molecular flexibility index (Phi) is 5.04. The van der Waals surface area contributed by atoms with Gasteiger partial charge in [-0.05, 0) is 26.3 Å². The van der Waals surface area contributed by atoms with Crippen LogP contribution in [-0.2, 0) is 4.79 Å². The maximum atomic E-state index is 11.1. The minimum absolute atomic E-state index is 0.240. The van der Waals surface area contributed by atoms with E-state index in [1.165, 1.54) is 11.8 Å². The summed E-state index contributed by atoms with van der Waals surface area (Å²) in [5.41, 5.74) is -0.804. The SMILES string of the molecule is CNC1(C(=O)O)CCC(SCC(O)CO)C1. The lowest BCUT2D eigenvalue weighted by Crippen LogP contribution is -2.48. The lowest BCUT2D eigenvalue weighted by Gasteiger charge is -2.23. The van der Waals surface area contributed by atoms with Gasteiger partial charge in [-0.2, -0.15) is 11.8 Å². The highest BCUT2D eigenvalue weighted by Gasteiger charge is 2.44. The summed E-state index contributed by atoms with van der Waals surface area (Å²) in [6.07, 6.45) is 1.31. The average Bonchev–Trinajstić information content (AvgIpc) is 2.70. The van der Waals surface area contributed by atoms with Crippen molar-refractivity contribution >= 4 is 17.7 Å². The van der Waals surface area contributed by atoms with Gasteiger partial charge in [0.25, 0.3) is 0 Å². The summed E-state index contributed by atoms with van der Waals surface area (Å²) in [6.45, 7) is -0.240. The molecule has 1 rings (SSSR count). The van der Waals surface area contributed by atoms with Crippen molar-refractivity contribution in [2.45, 2.75) is 36.2 Å². The number of aliphatic hydroxyl groups is 2. The highest BCUT2D eigenvalue weighted by Crippen LogP contribution is 2.37.